The van der Waals surface area contributed by atoms with Crippen LogP contribution in [0.1, 0.15) is 39.3 Å². The zero-order valence-corrected chi connectivity index (χ0v) is 18.8. The highest BCUT2D eigenvalue weighted by molar-refractivity contribution is 7.98. The molecule has 170 valence electrons. The average molecular weight is 490 g/mol. The number of nitrogens with zero attached hydrogens (tertiary/aromatic N) is 4. The second kappa shape index (κ2) is 10.5. The molecule has 2 aromatic heterocycles. The molecule has 1 N–H and O–H groups in total. The Bertz CT molecular complexity index is 1230. The Labute approximate surface area is 195 Å². The smallest absolute Gasteiger partial charge is 0.282 e. The van der Waals surface area contributed by atoms with Gasteiger partial charge in [-0.2, -0.15) is 0 Å². The van der Waals surface area contributed by atoms with E-state index < -0.39 is 11.9 Å². The second-order valence-corrected chi connectivity index (χ2v) is 8.68. The maximum atomic E-state index is 13.7. The monoisotopic (exact) mass is 489 g/mol. The number of ether oxygens (including phenoxy) is 1. The number of hydrogen-bond donors (Lipinski definition) is 1. The van der Waals surface area contributed by atoms with Crippen LogP contribution >= 0.6 is 23.1 Å². The Balaban J connectivity index is 1.28. The van der Waals surface area contributed by atoms with Gasteiger partial charge < -0.3 is 14.5 Å². The van der Waals surface area contributed by atoms with Crippen molar-refractivity contribution < 1.29 is 22.7 Å². The Morgan fingerprint density at radius 2 is 1.91 bits per heavy atom. The number of carbonyl (C=O) groups is 1. The van der Waals surface area contributed by atoms with Crippen molar-refractivity contribution in [2.24, 2.45) is 0 Å². The van der Waals surface area contributed by atoms with Gasteiger partial charge in [0.05, 0.1) is 5.75 Å². The molecule has 0 fully saturated rings. The van der Waals surface area contributed by atoms with Gasteiger partial charge in [0.1, 0.15) is 10.8 Å². The van der Waals surface area contributed by atoms with Crippen LogP contribution in [-0.2, 0) is 12.3 Å². The molecule has 1 unspecified atom stereocenters. The molecule has 2 heterocycles. The summed E-state index contributed by atoms with van der Waals surface area (Å²) in [6.45, 7) is 1.93. The summed E-state index contributed by atoms with van der Waals surface area (Å²) in [5.41, 5.74) is 0.769. The number of halogens is 2. The highest BCUT2D eigenvalue weighted by Gasteiger charge is 2.18. The molecule has 2 aromatic carbocycles. The van der Waals surface area contributed by atoms with Crippen LogP contribution in [0.3, 0.4) is 0 Å². The summed E-state index contributed by atoms with van der Waals surface area (Å²) >= 11 is 2.37. The zero-order chi connectivity index (χ0) is 23.2. The quantitative estimate of drug-likeness (QED) is 0.341. The Hall–Kier alpha value is -3.38. The van der Waals surface area contributed by atoms with E-state index in [0.717, 1.165) is 16.9 Å². The summed E-state index contributed by atoms with van der Waals surface area (Å²) in [4.78, 5) is 12.3. The molecule has 0 saturated heterocycles. The second-order valence-electron chi connectivity index (χ2n) is 6.70. The van der Waals surface area contributed by atoms with Crippen LogP contribution in [0.5, 0.6) is 5.75 Å². The number of hydrogen-bond acceptors (Lipinski definition) is 9. The lowest BCUT2D eigenvalue weighted by atomic mass is 10.2. The molecule has 12 heteroatoms. The number of thioether (sulfide) groups is 1. The molecule has 1 amide bonds. The molecule has 33 heavy (non-hydrogen) atoms. The topological polar surface area (TPSA) is 103 Å². The molecule has 8 nitrogen and oxygen atoms in total. The van der Waals surface area contributed by atoms with Crippen molar-refractivity contribution in [1.29, 1.82) is 0 Å². The highest BCUT2D eigenvalue weighted by Crippen LogP contribution is 2.27. The van der Waals surface area contributed by atoms with E-state index in [2.05, 4.69) is 25.7 Å². The number of aromatic nitrogens is 4. The number of rotatable bonds is 9. The molecule has 0 aliphatic heterocycles. The van der Waals surface area contributed by atoms with E-state index in [9.17, 15) is 13.6 Å². The standard InChI is InChI=1S/C21H17F2N5O3S2/c1-12(30-16-5-3-2-4-15(16)23)19-26-28-21(31-19)32-11-17-25-27-20(33-17)18(29)24-10-13-6-8-14(22)9-7-13/h2-9,12H,10-11H2,1H3,(H,24,29). The summed E-state index contributed by atoms with van der Waals surface area (Å²) in [5.74, 6) is -0.515. The third-order valence-corrected chi connectivity index (χ3v) is 6.19. The summed E-state index contributed by atoms with van der Waals surface area (Å²) in [6, 6.07) is 11.9. The van der Waals surface area contributed by atoms with Crippen molar-refractivity contribution in [2.75, 3.05) is 0 Å². The highest BCUT2D eigenvalue weighted by atomic mass is 32.2. The summed E-state index contributed by atoms with van der Waals surface area (Å²) in [7, 11) is 0. The molecule has 0 aliphatic rings. The first-order chi connectivity index (χ1) is 16.0. The molecular weight excluding hydrogens is 472 g/mol. The van der Waals surface area contributed by atoms with E-state index in [0.29, 0.717) is 10.8 Å². The maximum Gasteiger partial charge on any atom is 0.282 e. The molecular formula is C21H17F2N5O3S2. The SMILES string of the molecule is CC(Oc1ccccc1F)c1nnc(SCc2nnc(C(=O)NCc3ccc(F)cc3)s2)o1. The van der Waals surface area contributed by atoms with Crippen molar-refractivity contribution in [1.82, 2.24) is 25.7 Å². The van der Waals surface area contributed by atoms with E-state index in [-0.39, 0.29) is 40.1 Å². The van der Waals surface area contributed by atoms with Crippen LogP contribution in [0.2, 0.25) is 0 Å². The lowest BCUT2D eigenvalue weighted by molar-refractivity contribution is 0.0950. The van der Waals surface area contributed by atoms with Crippen molar-refractivity contribution in [3.63, 3.8) is 0 Å². The van der Waals surface area contributed by atoms with Gasteiger partial charge in [-0.25, -0.2) is 8.78 Å². The fraction of sp³-hybridized carbons (Fsp3) is 0.190. The largest absolute Gasteiger partial charge is 0.478 e. The minimum Gasteiger partial charge on any atom is -0.478 e. The molecule has 0 saturated carbocycles. The van der Waals surface area contributed by atoms with Crippen LogP contribution in [0.15, 0.2) is 58.2 Å². The first-order valence-electron chi connectivity index (χ1n) is 9.70. The Kier molecular flexibility index (Phi) is 7.25. The fourth-order valence-corrected chi connectivity index (χ4v) is 4.12. The van der Waals surface area contributed by atoms with Crippen LogP contribution in [0.25, 0.3) is 0 Å². The van der Waals surface area contributed by atoms with Crippen LogP contribution in [-0.4, -0.2) is 26.3 Å². The molecule has 0 aliphatic carbocycles. The molecule has 4 aromatic rings. The normalized spacial score (nSPS) is 11.8. The van der Waals surface area contributed by atoms with E-state index in [1.54, 1.807) is 31.2 Å². The summed E-state index contributed by atoms with van der Waals surface area (Å²) in [5, 5.41) is 19.6. The average Bonchev–Trinajstić information content (AvgIpc) is 3.48. The molecule has 4 rings (SSSR count). The number of amides is 1. The summed E-state index contributed by atoms with van der Waals surface area (Å²) < 4.78 is 37.8. The van der Waals surface area contributed by atoms with E-state index in [1.807, 2.05) is 0 Å². The van der Waals surface area contributed by atoms with Crippen LogP contribution in [0, 0.1) is 11.6 Å². The number of benzene rings is 2. The third-order valence-electron chi connectivity index (χ3n) is 4.26. The number of carbonyl (C=O) groups excluding carboxylic acids is 1. The van der Waals surface area contributed by atoms with Gasteiger partial charge in [0.25, 0.3) is 17.0 Å². The Morgan fingerprint density at radius 3 is 2.70 bits per heavy atom. The minimum absolute atomic E-state index is 0.0940. The maximum absolute atomic E-state index is 13.7. The van der Waals surface area contributed by atoms with E-state index >= 15 is 0 Å². The van der Waals surface area contributed by atoms with Crippen LogP contribution < -0.4 is 10.1 Å². The first kappa shape index (κ1) is 22.8. The van der Waals surface area contributed by atoms with Gasteiger partial charge in [-0.1, -0.05) is 47.4 Å². The van der Waals surface area contributed by atoms with Gasteiger partial charge in [0, 0.05) is 6.54 Å². The predicted octanol–water partition coefficient (Wildman–Crippen LogP) is 4.56. The van der Waals surface area contributed by atoms with Crippen molar-refractivity contribution >= 4 is 29.0 Å². The van der Waals surface area contributed by atoms with E-state index in [4.69, 9.17) is 9.15 Å². The van der Waals surface area contributed by atoms with E-state index in [1.165, 1.54) is 36.0 Å². The molecule has 0 bridgehead atoms. The van der Waals surface area contributed by atoms with Gasteiger partial charge in [-0.3, -0.25) is 4.79 Å². The first-order valence-corrected chi connectivity index (χ1v) is 11.5. The molecule has 0 spiro atoms. The lowest BCUT2D eigenvalue weighted by Crippen LogP contribution is -2.22. The number of para-hydroxylation sites is 1. The number of nitrogens with one attached hydrogen (secondary N) is 1. The molecule has 0 radical (unpaired) electrons. The summed E-state index contributed by atoms with van der Waals surface area (Å²) in [6.07, 6.45) is -0.637. The van der Waals surface area contributed by atoms with Gasteiger partial charge >= 0.3 is 0 Å². The minimum atomic E-state index is -0.637. The van der Waals surface area contributed by atoms with Gasteiger partial charge in [-0.15, -0.1) is 20.4 Å². The Morgan fingerprint density at radius 1 is 1.12 bits per heavy atom. The third kappa shape index (κ3) is 6.11. The van der Waals surface area contributed by atoms with Gasteiger partial charge in [0.15, 0.2) is 17.7 Å². The van der Waals surface area contributed by atoms with Gasteiger partial charge in [0.2, 0.25) is 5.01 Å². The van der Waals surface area contributed by atoms with Gasteiger partial charge in [-0.05, 0) is 36.8 Å². The molecule has 1 atom stereocenters. The zero-order valence-electron chi connectivity index (χ0n) is 17.2. The fourth-order valence-electron chi connectivity index (χ4n) is 2.61. The van der Waals surface area contributed by atoms with Crippen LogP contribution in [0.4, 0.5) is 8.78 Å². The van der Waals surface area contributed by atoms with Crippen molar-refractivity contribution in [3.8, 4) is 5.75 Å². The predicted molar refractivity (Wildman–Crippen MR) is 117 cm³/mol. The van der Waals surface area contributed by atoms with Crippen molar-refractivity contribution in [2.45, 2.75) is 30.5 Å². The lowest BCUT2D eigenvalue weighted by Gasteiger charge is -2.11. The van der Waals surface area contributed by atoms with Crippen molar-refractivity contribution in [3.05, 3.63) is 81.6 Å².